The smallest absolute Gasteiger partial charge is 0.312 e. The standard InChI is InChI=1S/C16H14N2O5S/c1-16(15(22)23)6-17-13(21)10(14(17)24-7-16)18-11(19)8-4-2-3-5-9(8)12(18)20/h2-5,10,14H,6-7H2,1H3,(H,22,23)/t10?,14-,16?/m1/s1. The van der Waals surface area contributed by atoms with Gasteiger partial charge in [0.2, 0.25) is 5.91 Å². The van der Waals surface area contributed by atoms with Crippen LogP contribution in [0.15, 0.2) is 24.3 Å². The average molecular weight is 346 g/mol. The van der Waals surface area contributed by atoms with Crippen LogP contribution in [-0.4, -0.2) is 62.3 Å². The maximum atomic E-state index is 12.5. The van der Waals surface area contributed by atoms with Crippen molar-refractivity contribution < 1.29 is 24.3 Å². The van der Waals surface area contributed by atoms with Crippen molar-refractivity contribution in [3.63, 3.8) is 0 Å². The number of carbonyl (C=O) groups excluding carboxylic acids is 3. The molecule has 0 aromatic heterocycles. The Morgan fingerprint density at radius 2 is 1.79 bits per heavy atom. The number of β-lactam (4-membered cyclic amide) rings is 1. The number of fused-ring (bicyclic) bond motifs is 2. The van der Waals surface area contributed by atoms with Crippen LogP contribution >= 0.6 is 11.8 Å². The molecule has 3 amide bonds. The van der Waals surface area contributed by atoms with Crippen LogP contribution in [0.1, 0.15) is 27.6 Å². The van der Waals surface area contributed by atoms with Crippen molar-refractivity contribution in [3.8, 4) is 0 Å². The fraction of sp³-hybridized carbons (Fsp3) is 0.375. The third-order valence-corrected chi connectivity index (χ3v) is 6.48. The molecule has 2 saturated heterocycles. The minimum Gasteiger partial charge on any atom is -0.481 e. The summed E-state index contributed by atoms with van der Waals surface area (Å²) in [4.78, 5) is 51.4. The topological polar surface area (TPSA) is 95.0 Å². The van der Waals surface area contributed by atoms with Gasteiger partial charge >= 0.3 is 5.97 Å². The molecule has 2 unspecified atom stereocenters. The van der Waals surface area contributed by atoms with Crippen molar-refractivity contribution in [2.24, 2.45) is 5.41 Å². The Morgan fingerprint density at radius 3 is 2.33 bits per heavy atom. The third-order valence-electron chi connectivity index (χ3n) is 4.83. The molecule has 1 aromatic rings. The van der Waals surface area contributed by atoms with Crippen LogP contribution < -0.4 is 0 Å². The van der Waals surface area contributed by atoms with Gasteiger partial charge in [0.05, 0.1) is 16.5 Å². The quantitative estimate of drug-likeness (QED) is 0.624. The van der Waals surface area contributed by atoms with Crippen LogP contribution in [-0.2, 0) is 9.59 Å². The highest BCUT2D eigenvalue weighted by atomic mass is 32.2. The molecule has 0 saturated carbocycles. The number of aliphatic carboxylic acids is 1. The Bertz CT molecular complexity index is 774. The normalized spacial score (nSPS) is 31.6. The van der Waals surface area contributed by atoms with Crippen LogP contribution in [0.2, 0.25) is 0 Å². The van der Waals surface area contributed by atoms with Gasteiger partial charge in [0.25, 0.3) is 11.8 Å². The van der Waals surface area contributed by atoms with E-state index in [9.17, 15) is 24.3 Å². The fourth-order valence-electron chi connectivity index (χ4n) is 3.37. The molecule has 7 nitrogen and oxygen atoms in total. The summed E-state index contributed by atoms with van der Waals surface area (Å²) in [6, 6.07) is 5.66. The van der Waals surface area contributed by atoms with Crippen molar-refractivity contribution in [2.75, 3.05) is 12.3 Å². The van der Waals surface area contributed by atoms with Gasteiger partial charge in [0.1, 0.15) is 11.4 Å². The molecule has 1 aromatic carbocycles. The maximum absolute atomic E-state index is 12.5. The molecule has 0 aliphatic carbocycles. The van der Waals surface area contributed by atoms with E-state index in [0.717, 1.165) is 4.90 Å². The van der Waals surface area contributed by atoms with E-state index in [-0.39, 0.29) is 17.8 Å². The van der Waals surface area contributed by atoms with Crippen LogP contribution in [0.25, 0.3) is 0 Å². The lowest BCUT2D eigenvalue weighted by atomic mass is 9.89. The molecule has 2 fully saturated rings. The summed E-state index contributed by atoms with van der Waals surface area (Å²) in [6.07, 6.45) is 0. The SMILES string of the molecule is CC1(C(=O)O)CS[C@@H]2C(N3C(=O)c4ccccc4C3=O)C(=O)N2C1. The van der Waals surface area contributed by atoms with Crippen molar-refractivity contribution >= 4 is 35.5 Å². The molecule has 0 spiro atoms. The summed E-state index contributed by atoms with van der Waals surface area (Å²) < 4.78 is 0. The number of carboxylic acid groups (broad SMARTS) is 1. The molecule has 124 valence electrons. The first-order valence-corrected chi connectivity index (χ1v) is 8.52. The summed E-state index contributed by atoms with van der Waals surface area (Å²) in [5.74, 6) is -1.91. The van der Waals surface area contributed by atoms with Crippen molar-refractivity contribution in [2.45, 2.75) is 18.3 Å². The Labute approximate surface area is 141 Å². The number of carbonyl (C=O) groups is 4. The first kappa shape index (κ1) is 15.2. The molecule has 3 heterocycles. The lowest BCUT2D eigenvalue weighted by Gasteiger charge is -2.54. The second-order valence-electron chi connectivity index (χ2n) is 6.50. The van der Waals surface area contributed by atoms with Gasteiger partial charge in [0.15, 0.2) is 0 Å². The number of hydrogen-bond donors (Lipinski definition) is 1. The Kier molecular flexibility index (Phi) is 3.05. The summed E-state index contributed by atoms with van der Waals surface area (Å²) in [5, 5.41) is 8.95. The fourth-order valence-corrected chi connectivity index (χ4v) is 4.91. The zero-order chi connectivity index (χ0) is 17.2. The lowest BCUT2D eigenvalue weighted by Crippen LogP contribution is -2.74. The summed E-state index contributed by atoms with van der Waals surface area (Å²) in [6.45, 7) is 1.69. The first-order valence-electron chi connectivity index (χ1n) is 7.47. The van der Waals surface area contributed by atoms with Crippen molar-refractivity contribution in [3.05, 3.63) is 35.4 Å². The molecule has 0 radical (unpaired) electrons. The van der Waals surface area contributed by atoms with Gasteiger partial charge in [-0.25, -0.2) is 0 Å². The monoisotopic (exact) mass is 346 g/mol. The summed E-state index contributed by atoms with van der Waals surface area (Å²) in [7, 11) is 0. The Balaban J connectivity index is 1.61. The van der Waals surface area contributed by atoms with Crippen LogP contribution in [0, 0.1) is 5.41 Å². The summed E-state index contributed by atoms with van der Waals surface area (Å²) >= 11 is 1.31. The highest BCUT2D eigenvalue weighted by Gasteiger charge is 2.60. The molecule has 0 bridgehead atoms. The average Bonchev–Trinajstić information content (AvgIpc) is 2.81. The first-order chi connectivity index (χ1) is 11.3. The zero-order valence-corrected chi connectivity index (χ0v) is 13.6. The number of imide groups is 1. The third kappa shape index (κ3) is 1.80. The zero-order valence-electron chi connectivity index (χ0n) is 12.8. The molecule has 8 heteroatoms. The number of rotatable bonds is 2. The minimum absolute atomic E-state index is 0.0957. The maximum Gasteiger partial charge on any atom is 0.312 e. The molecular formula is C16H14N2O5S. The minimum atomic E-state index is -1.01. The van der Waals surface area contributed by atoms with E-state index < -0.39 is 29.2 Å². The van der Waals surface area contributed by atoms with Gasteiger partial charge < -0.3 is 10.0 Å². The second kappa shape index (κ2) is 4.83. The highest BCUT2D eigenvalue weighted by molar-refractivity contribution is 8.00. The lowest BCUT2D eigenvalue weighted by molar-refractivity contribution is -0.159. The van der Waals surface area contributed by atoms with Gasteiger partial charge in [-0.1, -0.05) is 12.1 Å². The summed E-state index contributed by atoms with van der Waals surface area (Å²) in [5.41, 5.74) is -0.390. The number of benzene rings is 1. The van der Waals surface area contributed by atoms with Crippen LogP contribution in [0.3, 0.4) is 0 Å². The van der Waals surface area contributed by atoms with Gasteiger partial charge in [-0.3, -0.25) is 24.1 Å². The number of thioether (sulfide) groups is 1. The molecule has 3 atom stereocenters. The molecule has 3 aliphatic rings. The molecule has 4 rings (SSSR count). The number of nitrogens with zero attached hydrogens (tertiary/aromatic N) is 2. The van der Waals surface area contributed by atoms with Crippen LogP contribution in [0.4, 0.5) is 0 Å². The molecule has 24 heavy (non-hydrogen) atoms. The predicted molar refractivity (Wildman–Crippen MR) is 84.4 cm³/mol. The highest BCUT2D eigenvalue weighted by Crippen LogP contribution is 2.45. The van der Waals surface area contributed by atoms with Crippen molar-refractivity contribution in [1.82, 2.24) is 9.80 Å². The van der Waals surface area contributed by atoms with E-state index >= 15 is 0 Å². The van der Waals surface area contributed by atoms with Gasteiger partial charge in [-0.05, 0) is 19.1 Å². The van der Waals surface area contributed by atoms with E-state index in [1.807, 2.05) is 0 Å². The van der Waals surface area contributed by atoms with Gasteiger partial charge in [-0.15, -0.1) is 11.8 Å². The second-order valence-corrected chi connectivity index (χ2v) is 7.61. The number of amides is 3. The Morgan fingerprint density at radius 1 is 1.21 bits per heavy atom. The molecule has 3 aliphatic heterocycles. The number of hydrogen-bond acceptors (Lipinski definition) is 5. The van der Waals surface area contributed by atoms with Crippen molar-refractivity contribution in [1.29, 1.82) is 0 Å². The van der Waals surface area contributed by atoms with E-state index in [4.69, 9.17) is 0 Å². The van der Waals surface area contributed by atoms with Gasteiger partial charge in [-0.2, -0.15) is 0 Å². The van der Waals surface area contributed by atoms with E-state index in [1.165, 1.54) is 16.7 Å². The largest absolute Gasteiger partial charge is 0.481 e. The Hall–Kier alpha value is -2.35. The van der Waals surface area contributed by atoms with Crippen LogP contribution in [0.5, 0.6) is 0 Å². The predicted octanol–water partition coefficient (Wildman–Crippen LogP) is 0.657. The van der Waals surface area contributed by atoms with E-state index in [0.29, 0.717) is 16.9 Å². The number of carboxylic acids is 1. The van der Waals surface area contributed by atoms with E-state index in [2.05, 4.69) is 0 Å². The van der Waals surface area contributed by atoms with E-state index in [1.54, 1.807) is 31.2 Å². The van der Waals surface area contributed by atoms with Gasteiger partial charge in [0, 0.05) is 12.3 Å². The molecular weight excluding hydrogens is 332 g/mol. The molecule has 1 N–H and O–H groups in total.